The molecule has 0 fully saturated rings. The zero-order chi connectivity index (χ0) is 30.6. The summed E-state index contributed by atoms with van der Waals surface area (Å²) in [5.41, 5.74) is -3.15. The number of fused-ring (bicyclic) bond motifs is 3. The summed E-state index contributed by atoms with van der Waals surface area (Å²) in [4.78, 5) is 38.3. The van der Waals surface area contributed by atoms with E-state index in [1.54, 1.807) is 0 Å². The summed E-state index contributed by atoms with van der Waals surface area (Å²) in [5.74, 6) is -3.45. The van der Waals surface area contributed by atoms with Crippen LogP contribution in [0.5, 0.6) is 5.75 Å². The van der Waals surface area contributed by atoms with Gasteiger partial charge in [-0.25, -0.2) is 23.1 Å². The number of pyridine rings is 2. The molecule has 14 heteroatoms. The summed E-state index contributed by atoms with van der Waals surface area (Å²) >= 11 is 6.32. The quantitative estimate of drug-likeness (QED) is 0.421. The lowest BCUT2D eigenvalue weighted by atomic mass is 9.90. The van der Waals surface area contributed by atoms with Gasteiger partial charge in [0.05, 0.1) is 20.2 Å². The van der Waals surface area contributed by atoms with Gasteiger partial charge in [0.25, 0.3) is 11.5 Å². The zero-order valence-corrected chi connectivity index (χ0v) is 21.8. The molecule has 5 rings (SSSR count). The molecule has 5 heterocycles. The van der Waals surface area contributed by atoms with Gasteiger partial charge in [0.15, 0.2) is 17.8 Å². The molecule has 0 saturated heterocycles. The van der Waals surface area contributed by atoms with Crippen molar-refractivity contribution in [1.29, 1.82) is 0 Å². The first kappa shape index (κ1) is 25.0. The smallest absolute Gasteiger partial charge is 0.274 e. The number of hydrogen-bond acceptors (Lipinski definition) is 8. The van der Waals surface area contributed by atoms with Crippen molar-refractivity contribution in [3.8, 4) is 5.75 Å². The first-order valence-electron chi connectivity index (χ1n) is 13.1. The Labute approximate surface area is 233 Å². The fourth-order valence-corrected chi connectivity index (χ4v) is 4.66. The zero-order valence-electron chi connectivity index (χ0n) is 23.1. The van der Waals surface area contributed by atoms with Gasteiger partial charge in [0.2, 0.25) is 0 Å². The van der Waals surface area contributed by atoms with E-state index < -0.39 is 70.0 Å². The van der Waals surface area contributed by atoms with E-state index in [1.807, 2.05) is 0 Å². The SMILES string of the molecule is [2H]C([2H])(Oc1cc2n(c(=O)c1Cl)C1C(=CN[C@@H](c3ccnc(C(C)(C)O)n3)[C@H]1F)C(=O)NCC2)c1ncc(F)cc1F. The number of hydrogen-bond donors (Lipinski definition) is 3. The lowest BCUT2D eigenvalue weighted by Gasteiger charge is -2.37. The first-order chi connectivity index (χ1) is 19.7. The van der Waals surface area contributed by atoms with Crippen LogP contribution in [0.25, 0.3) is 0 Å². The molecule has 3 aromatic heterocycles. The van der Waals surface area contributed by atoms with Crippen molar-refractivity contribution in [1.82, 2.24) is 30.2 Å². The molecule has 3 aromatic rings. The summed E-state index contributed by atoms with van der Waals surface area (Å²) < 4.78 is 66.7. The number of nitrogens with one attached hydrogen (secondary N) is 2. The van der Waals surface area contributed by atoms with Crippen LogP contribution >= 0.6 is 11.6 Å². The lowest BCUT2D eigenvalue weighted by Crippen LogP contribution is -2.48. The third kappa shape index (κ3) is 5.13. The summed E-state index contributed by atoms with van der Waals surface area (Å²) in [6.07, 6.45) is 1.24. The number of carbonyl (C=O) groups excluding carboxylic acids is 1. The Kier molecular flexibility index (Phi) is 6.60. The molecule has 3 atom stereocenters. The number of halogens is 4. The van der Waals surface area contributed by atoms with Gasteiger partial charge >= 0.3 is 0 Å². The number of nitrogens with zero attached hydrogens (tertiary/aromatic N) is 4. The van der Waals surface area contributed by atoms with Gasteiger partial charge in [-0.15, -0.1) is 0 Å². The number of rotatable bonds is 5. The lowest BCUT2D eigenvalue weighted by molar-refractivity contribution is -0.118. The van der Waals surface area contributed by atoms with E-state index in [0.717, 1.165) is 4.57 Å². The number of aliphatic hydroxyl groups is 1. The van der Waals surface area contributed by atoms with Gasteiger partial charge in [-0.3, -0.25) is 14.6 Å². The van der Waals surface area contributed by atoms with Gasteiger partial charge in [0, 0.05) is 43.2 Å². The van der Waals surface area contributed by atoms with Crippen LogP contribution in [0.4, 0.5) is 13.2 Å². The van der Waals surface area contributed by atoms with E-state index >= 15 is 4.39 Å². The van der Waals surface area contributed by atoms with E-state index in [2.05, 4.69) is 25.6 Å². The predicted molar refractivity (Wildman–Crippen MR) is 136 cm³/mol. The number of alkyl halides is 1. The van der Waals surface area contributed by atoms with Gasteiger partial charge in [-0.05, 0) is 19.9 Å². The Balaban J connectivity index is 1.59. The molecule has 1 amide bonds. The molecule has 10 nitrogen and oxygen atoms in total. The second-order valence-electron chi connectivity index (χ2n) is 9.68. The van der Waals surface area contributed by atoms with Crippen molar-refractivity contribution < 1.29 is 30.6 Å². The minimum atomic E-state index is -2.98. The molecule has 0 aliphatic carbocycles. The Bertz CT molecular complexity index is 1670. The molecule has 210 valence electrons. The maximum Gasteiger partial charge on any atom is 0.274 e. The molecule has 40 heavy (non-hydrogen) atoms. The molecule has 2 aliphatic rings. The van der Waals surface area contributed by atoms with Crippen molar-refractivity contribution in [2.75, 3.05) is 6.54 Å². The summed E-state index contributed by atoms with van der Waals surface area (Å²) in [6.45, 7) is -0.0389. The number of amides is 1. The topological polar surface area (TPSA) is 131 Å². The van der Waals surface area contributed by atoms with E-state index in [4.69, 9.17) is 19.1 Å². The van der Waals surface area contributed by atoms with Gasteiger partial charge < -0.3 is 25.0 Å². The maximum atomic E-state index is 16.5. The van der Waals surface area contributed by atoms with E-state index in [0.29, 0.717) is 12.3 Å². The standard InChI is InChI=1S/C26H24ClF3N6O4/c1-26(2,39)25-32-6-4-16(35-25)21-20(30)22-14(10-34-21)23(37)31-5-3-13-8-18(19(27)24(38)36(13)22)40-11-17-15(29)7-12(28)9-33-17/h4,6-10,20-22,34,39H,3,5,11H2,1-2H3,(H,31,37)/t20-,21+,22?/m1/s1/i11D2. The fourth-order valence-electron chi connectivity index (χ4n) is 4.48. The van der Waals surface area contributed by atoms with Crippen molar-refractivity contribution in [2.24, 2.45) is 0 Å². The minimum absolute atomic E-state index is 0.00831. The Hall–Kier alpha value is -3.97. The highest BCUT2D eigenvalue weighted by Gasteiger charge is 2.43. The average molecular weight is 579 g/mol. The molecular weight excluding hydrogens is 553 g/mol. The molecule has 3 N–H and O–H groups in total. The van der Waals surface area contributed by atoms with Crippen LogP contribution in [0.1, 0.15) is 51.6 Å². The van der Waals surface area contributed by atoms with Crippen LogP contribution in [0, 0.1) is 11.6 Å². The van der Waals surface area contributed by atoms with E-state index in [9.17, 15) is 23.5 Å². The molecule has 0 spiro atoms. The van der Waals surface area contributed by atoms with E-state index in [-0.39, 0.29) is 35.8 Å². The summed E-state index contributed by atoms with van der Waals surface area (Å²) in [7, 11) is 0. The van der Waals surface area contributed by atoms with Crippen molar-refractivity contribution >= 4 is 17.5 Å². The van der Waals surface area contributed by atoms with Crippen LogP contribution in [0.3, 0.4) is 0 Å². The van der Waals surface area contributed by atoms with Crippen LogP contribution in [-0.4, -0.2) is 43.2 Å². The molecule has 2 aliphatic heterocycles. The number of carbonyl (C=O) groups is 1. The highest BCUT2D eigenvalue weighted by Crippen LogP contribution is 2.38. The van der Waals surface area contributed by atoms with Gasteiger partial charge in [0.1, 0.15) is 46.5 Å². The molecule has 0 aromatic carbocycles. The predicted octanol–water partition coefficient (Wildman–Crippen LogP) is 2.55. The van der Waals surface area contributed by atoms with E-state index in [1.165, 1.54) is 38.4 Å². The minimum Gasteiger partial charge on any atom is -0.485 e. The van der Waals surface area contributed by atoms with Gasteiger partial charge in [-0.2, -0.15) is 0 Å². The number of ether oxygens (including phenoxy) is 1. The monoisotopic (exact) mass is 578 g/mol. The van der Waals surface area contributed by atoms with Crippen molar-refractivity contribution in [3.05, 3.63) is 92.3 Å². The van der Waals surface area contributed by atoms with Crippen molar-refractivity contribution in [3.63, 3.8) is 0 Å². The Morgan fingerprint density at radius 3 is 2.80 bits per heavy atom. The molecular formula is C26H24ClF3N6O4. The normalized spacial score (nSPS) is 21.8. The number of aromatic nitrogens is 4. The second-order valence-corrected chi connectivity index (χ2v) is 10.1. The maximum absolute atomic E-state index is 16.5. The average Bonchev–Trinajstić information content (AvgIpc) is 2.90. The highest BCUT2D eigenvalue weighted by atomic mass is 35.5. The van der Waals surface area contributed by atoms with Crippen LogP contribution < -0.4 is 20.9 Å². The third-order valence-electron chi connectivity index (χ3n) is 6.40. The Morgan fingerprint density at radius 2 is 2.08 bits per heavy atom. The second kappa shape index (κ2) is 10.5. The van der Waals surface area contributed by atoms with Crippen LogP contribution in [0.2, 0.25) is 5.02 Å². The summed E-state index contributed by atoms with van der Waals surface area (Å²) in [5, 5.41) is 15.1. The highest BCUT2D eigenvalue weighted by molar-refractivity contribution is 6.31. The largest absolute Gasteiger partial charge is 0.485 e. The molecule has 1 unspecified atom stereocenters. The van der Waals surface area contributed by atoms with Crippen LogP contribution in [0.15, 0.2) is 47.2 Å². The Morgan fingerprint density at radius 1 is 1.30 bits per heavy atom. The summed E-state index contributed by atoms with van der Waals surface area (Å²) in [6, 6.07) is 0.373. The van der Waals surface area contributed by atoms with Gasteiger partial charge in [-0.1, -0.05) is 11.6 Å². The third-order valence-corrected chi connectivity index (χ3v) is 6.75. The van der Waals surface area contributed by atoms with Crippen molar-refractivity contribution in [2.45, 2.75) is 50.7 Å². The fraction of sp³-hybridized carbons (Fsp3) is 0.346. The molecule has 0 bridgehead atoms. The molecule has 0 radical (unpaired) electrons. The van der Waals surface area contributed by atoms with Crippen LogP contribution in [-0.2, 0) is 23.4 Å². The first-order valence-corrected chi connectivity index (χ1v) is 12.5. The molecule has 0 saturated carbocycles.